The van der Waals surface area contributed by atoms with Gasteiger partial charge in [-0.15, -0.1) is 0 Å². The first-order valence-electron chi connectivity index (χ1n) is 45.7. The summed E-state index contributed by atoms with van der Waals surface area (Å²) < 4.78 is 0. The van der Waals surface area contributed by atoms with E-state index in [0.29, 0.717) is 0 Å². The van der Waals surface area contributed by atoms with Crippen molar-refractivity contribution in [3.05, 3.63) is 0 Å². The second-order valence-electron chi connectivity index (χ2n) is 56.3. The Hall–Kier alpha value is 0. The molecule has 23 spiro atoms. The van der Waals surface area contributed by atoms with Crippen LogP contribution in [0.2, 0.25) is 0 Å². The van der Waals surface area contributed by atoms with Crippen LogP contribution in [0, 0.1) is 485 Å². The molecule has 0 aromatic carbocycles. The van der Waals surface area contributed by atoms with Crippen LogP contribution in [0.3, 0.4) is 0 Å². The average Bonchev–Trinajstić information content (AvgIpc) is 0.707. The van der Waals surface area contributed by atoms with Crippen LogP contribution in [0.1, 0.15) is 51.4 Å². The molecule has 55 aliphatic rings. The first-order valence-corrected chi connectivity index (χ1v) is 45.7. The van der Waals surface area contributed by atoms with Gasteiger partial charge in [0.1, 0.15) is 0 Å². The molecule has 55 rings (SSSR count). The largest absolute Gasteiger partial charge is 0.0467 e. The number of fused-ring (bicyclic) bond motifs is 34. The van der Waals surface area contributed by atoms with Crippen LogP contribution in [0.15, 0.2) is 0 Å². The minimum atomic E-state index is 0.958. The van der Waals surface area contributed by atoms with E-state index in [1.54, 1.807) is 0 Å². The van der Waals surface area contributed by atoms with Gasteiger partial charge in [0.15, 0.2) is 0 Å². The van der Waals surface area contributed by atoms with Crippen LogP contribution >= 0.6 is 0 Å². The van der Waals surface area contributed by atoms with Crippen molar-refractivity contribution in [1.29, 1.82) is 0 Å². The smallest absolute Gasteiger partial charge is 0.00591 e. The molecular weight excluding hydrogens is 1110 g/mol. The van der Waals surface area contributed by atoms with Gasteiger partial charge < -0.3 is 0 Å². The van der Waals surface area contributed by atoms with Crippen molar-refractivity contribution in [2.75, 3.05) is 0 Å². The van der Waals surface area contributed by atoms with Crippen LogP contribution < -0.4 is 0 Å². The highest BCUT2D eigenvalue weighted by molar-refractivity contribution is 5.89. The molecule has 92 heavy (non-hydrogen) atoms. The van der Waals surface area contributed by atoms with Gasteiger partial charge >= 0.3 is 0 Å². The van der Waals surface area contributed by atoms with E-state index in [-0.39, 0.29) is 0 Å². The molecule has 0 N–H and O–H groups in total. The lowest BCUT2D eigenvalue weighted by Crippen LogP contribution is -3.37. The average molecular weight is 1180 g/mol. The molecule has 0 aliphatic heterocycles. The predicted octanol–water partition coefficient (Wildman–Crippen LogP) is 10.5. The fourth-order valence-electron chi connectivity index (χ4n) is 83.7. The molecule has 55 saturated carbocycles. The minimum Gasteiger partial charge on any atom is -0.0467 e. The molecule has 83 unspecified atom stereocenters. The van der Waals surface area contributed by atoms with Crippen LogP contribution in [0.4, 0.5) is 0 Å². The summed E-state index contributed by atoms with van der Waals surface area (Å²) >= 11 is 0. The van der Waals surface area contributed by atoms with E-state index in [1.165, 1.54) is 355 Å². The summed E-state index contributed by atoms with van der Waals surface area (Å²) in [6.07, 6.45) is 15.4. The molecule has 0 nitrogen and oxygen atoms in total. The summed E-state index contributed by atoms with van der Waals surface area (Å²) in [7, 11) is 0. The maximum absolute atomic E-state index is 2.08. The zero-order valence-electron chi connectivity index (χ0n) is 52.3. The van der Waals surface area contributed by atoms with E-state index in [9.17, 15) is 0 Å². The Balaban J connectivity index is 0.594. The zero-order chi connectivity index (χ0) is 52.3. The molecule has 0 aromatic rings. The molecule has 55 aliphatic carbocycles. The lowest BCUT2D eigenvalue weighted by atomic mass is 8.64. The Morgan fingerprint density at radius 2 is 0.685 bits per heavy atom. The van der Waals surface area contributed by atoms with Crippen molar-refractivity contribution in [2.45, 2.75) is 51.4 Å². The van der Waals surface area contributed by atoms with Crippen LogP contribution in [0.25, 0.3) is 0 Å². The van der Waals surface area contributed by atoms with E-state index in [0.717, 1.165) is 130 Å². The molecule has 9 bridgehead atoms. The standard InChI is InChI=1S/C92H76/c1-9-2-15-42-41-18-7-21-44-40-16-5-17-43-54-61-59-58-56-53-39-14-4-13-24-10-3-11-23(10)26-25(11)27-28(26)30-29(27)31-32(30)48-33(31)49-35-50-34-37-12(1)38-52-36(9)77(15)85(52)66-47-22-8-69-65-45-19-6-20-46-67-88(54,80(43,46)75(17,20)74(16,19)79(40,45)87(44,65)91(21,69)76(18,22)81(41,47)86(42,66)77)92(61)89(59)68(90(67,92)72(48,49)64(35)73(50,69)63(34)71(37,38)85)62-60-57-55-51(24)70(13,14)78(39,55)82(53,57)83(56,60)84(58,62)89/h9-68H,1-8H2/t9?,10?,11-,12?,13?,14?,15?,16?,17?,18?,19?,20?,21?,22?,23?,24?,25?,26?,27?,28?,29?,30?,31?,32?,33?,34?,35?,36?,37?,38?,39?,40?,41?,42?,43?,44?,45?,46?,47?,48?,49?,50?,51?,52?,53?,54?,55?,56?,57?,58?,59?,60?,61?,62?,63?,64?,65?,66?,67?,68?,69?,70?,71?,72?,73?,74?,75?,76?,77?,78?,79?,80?,81?,82?,83?,84?,85?,86?,87?,88?,89?,90?,91?,92?/m0/s1. The van der Waals surface area contributed by atoms with Crippen LogP contribution in [-0.4, -0.2) is 0 Å². The van der Waals surface area contributed by atoms with Gasteiger partial charge in [0.2, 0.25) is 0 Å². The number of rotatable bonds is 0. The molecule has 0 amide bonds. The van der Waals surface area contributed by atoms with Crippen molar-refractivity contribution in [2.24, 2.45) is 485 Å². The molecule has 55 fully saturated rings. The lowest BCUT2D eigenvalue weighted by Gasteiger charge is -3.39. The molecule has 444 valence electrons. The van der Waals surface area contributed by atoms with Crippen LogP contribution in [0.5, 0.6) is 0 Å². The first kappa shape index (κ1) is 35.7. The molecule has 84 atom stereocenters. The molecule has 0 heteroatoms. The third kappa shape index (κ3) is 1.21. The Morgan fingerprint density at radius 3 is 1.57 bits per heavy atom. The Morgan fingerprint density at radius 1 is 0.163 bits per heavy atom. The van der Waals surface area contributed by atoms with Gasteiger partial charge in [0, 0.05) is 0 Å². The quantitative estimate of drug-likeness (QED) is 0.227. The summed E-state index contributed by atoms with van der Waals surface area (Å²) in [5.41, 5.74) is 24.6. The van der Waals surface area contributed by atoms with E-state index >= 15 is 0 Å². The van der Waals surface area contributed by atoms with E-state index in [2.05, 4.69) is 6.42 Å². The maximum atomic E-state index is 2.08. The summed E-state index contributed by atoms with van der Waals surface area (Å²) in [6, 6.07) is 0. The molecule has 0 aromatic heterocycles. The van der Waals surface area contributed by atoms with E-state index in [1.807, 2.05) is 44.9 Å². The Kier molecular flexibility index (Phi) is 2.60. The first-order chi connectivity index (χ1) is 45.7. The summed E-state index contributed by atoms with van der Waals surface area (Å²) in [5, 5.41) is 0. The third-order valence-corrected chi connectivity index (χ3v) is 70.7. The van der Waals surface area contributed by atoms with Gasteiger partial charge in [-0.2, -0.15) is 0 Å². The summed E-state index contributed by atoms with van der Waals surface area (Å²) in [6.45, 7) is 0. The second kappa shape index (κ2) is 6.69. The predicted molar refractivity (Wildman–Crippen MR) is 305 cm³/mol. The Bertz CT molecular complexity index is 5560. The summed E-state index contributed by atoms with van der Waals surface area (Å²) in [4.78, 5) is 0. The second-order valence-corrected chi connectivity index (χ2v) is 56.3. The van der Waals surface area contributed by atoms with Crippen molar-refractivity contribution < 1.29 is 0 Å². The lowest BCUT2D eigenvalue weighted by molar-refractivity contribution is -0.940. The molecule has 0 saturated heterocycles. The summed E-state index contributed by atoms with van der Waals surface area (Å²) in [5.74, 6) is 82.0. The van der Waals surface area contributed by atoms with E-state index in [4.69, 9.17) is 0 Å². The molecule has 0 heterocycles. The van der Waals surface area contributed by atoms with Crippen molar-refractivity contribution >= 4 is 0 Å². The zero-order valence-corrected chi connectivity index (χ0v) is 52.3. The highest BCUT2D eigenvalue weighted by Crippen LogP contribution is 3.46. The van der Waals surface area contributed by atoms with Gasteiger partial charge in [-0.25, -0.2) is 0 Å². The highest BCUT2D eigenvalue weighted by atomic mass is 15.5. The monoisotopic (exact) mass is 1180 g/mol. The van der Waals surface area contributed by atoms with Gasteiger partial charge in [-0.05, 0) is 536 Å². The van der Waals surface area contributed by atoms with Crippen molar-refractivity contribution in [3.8, 4) is 0 Å². The number of hydrogen-bond donors (Lipinski definition) is 0. The minimum absolute atomic E-state index is 0.958. The highest BCUT2D eigenvalue weighted by Gasteiger charge is 3.43. The van der Waals surface area contributed by atoms with Crippen molar-refractivity contribution in [3.63, 3.8) is 0 Å². The third-order valence-electron chi connectivity index (χ3n) is 70.7. The maximum Gasteiger partial charge on any atom is -0.00591 e. The van der Waals surface area contributed by atoms with Crippen LogP contribution in [-0.2, 0) is 0 Å². The fraction of sp³-hybridized carbons (Fsp3) is 1.00. The van der Waals surface area contributed by atoms with Gasteiger partial charge in [0.05, 0.1) is 0 Å². The molecular formula is C92H76. The topological polar surface area (TPSA) is 0 Å². The Labute approximate surface area is 533 Å². The number of hydrogen-bond acceptors (Lipinski definition) is 0. The molecule has 0 radical (unpaired) electrons. The SMILES string of the molecule is C1C2CC3C4C5C6CC7C8C9C%10CC%11C%12C%13C%14C%15C%16C%17C%18C%19C%20CC%21C%22C%23C[C@H]%24C%23C%23C%25C%26C(C%27C%26C%26C%27C%27C%28C%29C%30C%31C1C1C%32C2C32C%323C%32C%33C%34CC%35%36C%37C%38C%39CC%40C%41C%42C%43(C%44C%45C%46C%47C%48C%22C%21%20C%19%48C%18%47C%17%46C%16%45C%15%44C%14%43C%13%42C%12%41C%11%40C%10%39C9%38C8%37C7%35C6%34C5%33C4%322)C%26%27C%28C%29%36C%30C%3113)C%25C%23%24. The van der Waals surface area contributed by atoms with Gasteiger partial charge in [-0.3, -0.25) is 0 Å². The van der Waals surface area contributed by atoms with Gasteiger partial charge in [0.25, 0.3) is 0 Å². The van der Waals surface area contributed by atoms with Crippen molar-refractivity contribution in [1.82, 2.24) is 0 Å². The van der Waals surface area contributed by atoms with E-state index < -0.39 is 0 Å². The normalized spacial score (nSPS) is 123. The van der Waals surface area contributed by atoms with Gasteiger partial charge in [-0.1, -0.05) is 0 Å². The fourth-order valence-corrected chi connectivity index (χ4v) is 83.7.